The molecule has 0 aromatic heterocycles. The molecule has 22 heavy (non-hydrogen) atoms. The average Bonchev–Trinajstić information content (AvgIpc) is 2.50. The van der Waals surface area contributed by atoms with E-state index in [1.165, 1.54) is 5.56 Å². The highest BCUT2D eigenvalue weighted by atomic mass is 32.2. The fourth-order valence-electron chi connectivity index (χ4n) is 3.23. The van der Waals surface area contributed by atoms with E-state index in [1.807, 2.05) is 30.9 Å². The Morgan fingerprint density at radius 3 is 2.95 bits per heavy atom. The standard InChI is InChI=1S/C17H23NO3S/c1-17(2)12-18(8-10-22(17)20)16(19)11-15-14-6-4-3-5-13(14)7-9-21-15/h3-6,15H,7-12H2,1-2H3/t15-,22+/m1/s1. The average molecular weight is 321 g/mol. The normalized spacial score (nSPS) is 27.3. The van der Waals surface area contributed by atoms with Gasteiger partial charge in [0.25, 0.3) is 0 Å². The number of amides is 1. The smallest absolute Gasteiger partial charge is 0.225 e. The molecule has 1 saturated heterocycles. The number of fused-ring (bicyclic) bond motifs is 1. The third-order valence-electron chi connectivity index (χ3n) is 4.54. The molecule has 5 heteroatoms. The van der Waals surface area contributed by atoms with Crippen molar-refractivity contribution in [3.63, 3.8) is 0 Å². The van der Waals surface area contributed by atoms with Crippen LogP contribution in [0.1, 0.15) is 37.5 Å². The highest BCUT2D eigenvalue weighted by Gasteiger charge is 2.36. The molecule has 0 bridgehead atoms. The van der Waals surface area contributed by atoms with E-state index in [0.29, 0.717) is 31.9 Å². The molecule has 0 aliphatic carbocycles. The predicted molar refractivity (Wildman–Crippen MR) is 87.1 cm³/mol. The Kier molecular flexibility index (Phi) is 4.37. The van der Waals surface area contributed by atoms with Crippen LogP contribution in [0, 0.1) is 0 Å². The second kappa shape index (κ2) is 6.13. The topological polar surface area (TPSA) is 46.6 Å². The zero-order valence-electron chi connectivity index (χ0n) is 13.2. The number of ether oxygens (including phenoxy) is 1. The minimum Gasteiger partial charge on any atom is -0.373 e. The van der Waals surface area contributed by atoms with Crippen molar-refractivity contribution < 1.29 is 13.7 Å². The van der Waals surface area contributed by atoms with Gasteiger partial charge in [0.2, 0.25) is 5.91 Å². The molecular formula is C17H23NO3S. The van der Waals surface area contributed by atoms with Crippen LogP contribution in [0.15, 0.2) is 24.3 Å². The highest BCUT2D eigenvalue weighted by molar-refractivity contribution is 7.86. The zero-order valence-corrected chi connectivity index (χ0v) is 14.0. The molecular weight excluding hydrogens is 298 g/mol. The molecule has 2 aliphatic rings. The Morgan fingerprint density at radius 1 is 1.41 bits per heavy atom. The molecule has 0 spiro atoms. The second-order valence-corrected chi connectivity index (χ2v) is 8.84. The van der Waals surface area contributed by atoms with Crippen LogP contribution in [-0.4, -0.2) is 45.2 Å². The maximum Gasteiger partial charge on any atom is 0.225 e. The summed E-state index contributed by atoms with van der Waals surface area (Å²) >= 11 is 0. The first-order valence-corrected chi connectivity index (χ1v) is 9.15. The fourth-order valence-corrected chi connectivity index (χ4v) is 4.47. The summed E-state index contributed by atoms with van der Waals surface area (Å²) in [4.78, 5) is 14.5. The summed E-state index contributed by atoms with van der Waals surface area (Å²) in [5, 5.41) is 0. The van der Waals surface area contributed by atoms with Crippen molar-refractivity contribution in [3.05, 3.63) is 35.4 Å². The molecule has 1 amide bonds. The maximum atomic E-state index is 12.6. The van der Waals surface area contributed by atoms with Gasteiger partial charge in [-0.05, 0) is 31.4 Å². The lowest BCUT2D eigenvalue weighted by Gasteiger charge is -2.38. The molecule has 2 heterocycles. The van der Waals surface area contributed by atoms with Crippen LogP contribution in [0.3, 0.4) is 0 Å². The van der Waals surface area contributed by atoms with Crippen molar-refractivity contribution >= 4 is 16.7 Å². The van der Waals surface area contributed by atoms with Gasteiger partial charge in [0.1, 0.15) is 0 Å². The predicted octanol–water partition coefficient (Wildman–Crippen LogP) is 2.06. The Balaban J connectivity index is 1.69. The van der Waals surface area contributed by atoms with Crippen LogP contribution >= 0.6 is 0 Å². The van der Waals surface area contributed by atoms with E-state index < -0.39 is 10.8 Å². The molecule has 0 radical (unpaired) electrons. The maximum absolute atomic E-state index is 12.6. The summed E-state index contributed by atoms with van der Waals surface area (Å²) < 4.78 is 17.5. The minimum absolute atomic E-state index is 0.103. The second-order valence-electron chi connectivity index (χ2n) is 6.64. The summed E-state index contributed by atoms with van der Waals surface area (Å²) in [7, 11) is -0.856. The van der Waals surface area contributed by atoms with Crippen molar-refractivity contribution in [2.24, 2.45) is 0 Å². The van der Waals surface area contributed by atoms with Crippen LogP contribution in [0.5, 0.6) is 0 Å². The number of rotatable bonds is 2. The molecule has 2 atom stereocenters. The molecule has 2 aliphatic heterocycles. The van der Waals surface area contributed by atoms with Gasteiger partial charge < -0.3 is 9.64 Å². The number of hydrogen-bond donors (Lipinski definition) is 0. The van der Waals surface area contributed by atoms with E-state index in [9.17, 15) is 9.00 Å². The lowest BCUT2D eigenvalue weighted by Crippen LogP contribution is -2.52. The van der Waals surface area contributed by atoms with Gasteiger partial charge in [-0.2, -0.15) is 0 Å². The van der Waals surface area contributed by atoms with Crippen molar-refractivity contribution in [1.29, 1.82) is 0 Å². The van der Waals surface area contributed by atoms with E-state index in [2.05, 4.69) is 12.1 Å². The molecule has 4 nitrogen and oxygen atoms in total. The van der Waals surface area contributed by atoms with Gasteiger partial charge in [-0.15, -0.1) is 0 Å². The lowest BCUT2D eigenvalue weighted by atomic mass is 9.95. The van der Waals surface area contributed by atoms with Crippen LogP contribution in [-0.2, 0) is 26.8 Å². The van der Waals surface area contributed by atoms with Gasteiger partial charge in [-0.25, -0.2) is 0 Å². The van der Waals surface area contributed by atoms with E-state index in [4.69, 9.17) is 4.74 Å². The van der Waals surface area contributed by atoms with Gasteiger partial charge in [0, 0.05) is 29.6 Å². The van der Waals surface area contributed by atoms with Crippen molar-refractivity contribution in [1.82, 2.24) is 4.90 Å². The van der Waals surface area contributed by atoms with E-state index in [1.54, 1.807) is 0 Å². The first-order valence-electron chi connectivity index (χ1n) is 7.83. The number of benzene rings is 1. The highest BCUT2D eigenvalue weighted by Crippen LogP contribution is 2.30. The minimum atomic E-state index is -0.856. The van der Waals surface area contributed by atoms with Crippen LogP contribution in [0.4, 0.5) is 0 Å². The van der Waals surface area contributed by atoms with E-state index in [0.717, 1.165) is 12.0 Å². The molecule has 1 aromatic rings. The first-order chi connectivity index (χ1) is 10.5. The molecule has 1 fully saturated rings. The number of carbonyl (C=O) groups is 1. The van der Waals surface area contributed by atoms with Crippen LogP contribution in [0.2, 0.25) is 0 Å². The zero-order chi connectivity index (χ0) is 15.7. The third kappa shape index (κ3) is 3.10. The van der Waals surface area contributed by atoms with Gasteiger partial charge in [0.05, 0.1) is 23.9 Å². The largest absolute Gasteiger partial charge is 0.373 e. The molecule has 3 rings (SSSR count). The summed E-state index contributed by atoms with van der Waals surface area (Å²) in [6.07, 6.45) is 1.14. The molecule has 0 N–H and O–H groups in total. The van der Waals surface area contributed by atoms with Gasteiger partial charge in [0.15, 0.2) is 0 Å². The summed E-state index contributed by atoms with van der Waals surface area (Å²) in [5.74, 6) is 0.674. The Bertz CT molecular complexity index is 599. The van der Waals surface area contributed by atoms with Crippen molar-refractivity contribution in [2.75, 3.05) is 25.4 Å². The van der Waals surface area contributed by atoms with Gasteiger partial charge in [-0.3, -0.25) is 9.00 Å². The van der Waals surface area contributed by atoms with E-state index >= 15 is 0 Å². The van der Waals surface area contributed by atoms with Crippen LogP contribution < -0.4 is 0 Å². The molecule has 1 aromatic carbocycles. The van der Waals surface area contributed by atoms with Crippen molar-refractivity contribution in [3.8, 4) is 0 Å². The fraction of sp³-hybridized carbons (Fsp3) is 0.588. The van der Waals surface area contributed by atoms with Gasteiger partial charge in [-0.1, -0.05) is 24.3 Å². The number of carbonyl (C=O) groups excluding carboxylic acids is 1. The molecule has 120 valence electrons. The SMILES string of the molecule is CC1(C)CN(C(=O)C[C@H]2OCCc3ccccc32)CC[S@@]1=O. The lowest BCUT2D eigenvalue weighted by molar-refractivity contribution is -0.135. The Hall–Kier alpha value is -1.20. The molecule has 0 saturated carbocycles. The van der Waals surface area contributed by atoms with E-state index in [-0.39, 0.29) is 16.8 Å². The summed E-state index contributed by atoms with van der Waals surface area (Å²) in [5.41, 5.74) is 2.42. The number of hydrogen-bond acceptors (Lipinski definition) is 3. The van der Waals surface area contributed by atoms with Gasteiger partial charge >= 0.3 is 0 Å². The number of nitrogens with zero attached hydrogens (tertiary/aromatic N) is 1. The quantitative estimate of drug-likeness (QED) is 0.838. The molecule has 0 unspecified atom stereocenters. The summed E-state index contributed by atoms with van der Waals surface area (Å²) in [6.45, 7) is 5.75. The first kappa shape index (κ1) is 15.7. The van der Waals surface area contributed by atoms with Crippen molar-refractivity contribution in [2.45, 2.75) is 37.5 Å². The Labute approximate surface area is 134 Å². The van der Waals surface area contributed by atoms with Crippen LogP contribution in [0.25, 0.3) is 0 Å². The Morgan fingerprint density at radius 2 is 2.18 bits per heavy atom. The third-order valence-corrected chi connectivity index (χ3v) is 6.45. The monoisotopic (exact) mass is 321 g/mol. The summed E-state index contributed by atoms with van der Waals surface area (Å²) in [6, 6.07) is 8.20.